The summed E-state index contributed by atoms with van der Waals surface area (Å²) in [6.45, 7) is 10.2. The predicted octanol–water partition coefficient (Wildman–Crippen LogP) is 2.00. The van der Waals surface area contributed by atoms with Crippen LogP contribution in [0.3, 0.4) is 0 Å². The Morgan fingerprint density at radius 1 is 1.65 bits per heavy atom. The maximum Gasteiger partial charge on any atom is 0.408 e. The van der Waals surface area contributed by atoms with Gasteiger partial charge in [-0.05, 0) is 11.5 Å². The third kappa shape index (κ3) is 3.98. The van der Waals surface area contributed by atoms with Crippen molar-refractivity contribution in [2.75, 3.05) is 20.3 Å². The second-order valence-electron chi connectivity index (χ2n) is 5.80. The summed E-state index contributed by atoms with van der Waals surface area (Å²) in [6.07, 6.45) is 2.53. The highest BCUT2D eigenvalue weighted by molar-refractivity contribution is 5.66. The number of carboxylic acid groups (broad SMARTS) is 1. The van der Waals surface area contributed by atoms with Gasteiger partial charge in [0.2, 0.25) is 0 Å². The van der Waals surface area contributed by atoms with Crippen molar-refractivity contribution >= 4 is 6.09 Å². The highest BCUT2D eigenvalue weighted by atomic mass is 16.6. The van der Waals surface area contributed by atoms with Crippen molar-refractivity contribution in [3.63, 3.8) is 0 Å². The minimum Gasteiger partial charge on any atom is -0.499 e. The van der Waals surface area contributed by atoms with Crippen LogP contribution in [0.2, 0.25) is 0 Å². The van der Waals surface area contributed by atoms with Crippen LogP contribution in [-0.2, 0) is 9.57 Å². The van der Waals surface area contributed by atoms with Gasteiger partial charge in [0.1, 0.15) is 5.76 Å². The SMILES string of the molecule is C=CCONC1C=C(OC)CN(C(=O)O)C1C(C)(C)C. The topological polar surface area (TPSA) is 71.0 Å². The standard InChI is InChI=1S/C14H24N2O4/c1-6-7-20-15-11-8-10(19-5)9-16(13(17)18)12(11)14(2,3)4/h6,8,11-12,15H,1,7,9H2,2-5H3,(H,17,18). The maximum absolute atomic E-state index is 11.5. The zero-order valence-corrected chi connectivity index (χ0v) is 12.5. The lowest BCUT2D eigenvalue weighted by molar-refractivity contribution is -0.0145. The smallest absolute Gasteiger partial charge is 0.408 e. The van der Waals surface area contributed by atoms with Crippen LogP contribution in [0.4, 0.5) is 4.79 Å². The monoisotopic (exact) mass is 284 g/mol. The second-order valence-corrected chi connectivity index (χ2v) is 5.80. The second kappa shape index (κ2) is 6.76. The van der Waals surface area contributed by atoms with E-state index in [1.165, 1.54) is 12.0 Å². The first kappa shape index (κ1) is 16.5. The van der Waals surface area contributed by atoms with Gasteiger partial charge in [-0.15, -0.1) is 6.58 Å². The first-order chi connectivity index (χ1) is 9.31. The fraction of sp³-hybridized carbons (Fsp3) is 0.643. The number of methoxy groups -OCH3 is 1. The molecule has 2 unspecified atom stereocenters. The van der Waals surface area contributed by atoms with E-state index in [9.17, 15) is 9.90 Å². The van der Waals surface area contributed by atoms with E-state index in [0.717, 1.165) is 0 Å². The van der Waals surface area contributed by atoms with Crippen LogP contribution >= 0.6 is 0 Å². The zero-order chi connectivity index (χ0) is 15.3. The lowest BCUT2D eigenvalue weighted by Gasteiger charge is -2.45. The van der Waals surface area contributed by atoms with Gasteiger partial charge in [-0.2, -0.15) is 5.48 Å². The molecule has 0 aliphatic carbocycles. The van der Waals surface area contributed by atoms with Crippen molar-refractivity contribution in [2.45, 2.75) is 32.9 Å². The van der Waals surface area contributed by atoms with Crippen molar-refractivity contribution in [1.82, 2.24) is 10.4 Å². The molecule has 1 heterocycles. The summed E-state index contributed by atoms with van der Waals surface area (Å²) in [6, 6.07) is -0.543. The van der Waals surface area contributed by atoms with Gasteiger partial charge in [0.05, 0.1) is 32.3 Å². The van der Waals surface area contributed by atoms with Crippen molar-refractivity contribution in [3.8, 4) is 0 Å². The van der Waals surface area contributed by atoms with E-state index in [4.69, 9.17) is 9.57 Å². The molecule has 0 aromatic heterocycles. The Kier molecular flexibility index (Phi) is 5.59. The van der Waals surface area contributed by atoms with E-state index in [1.54, 1.807) is 6.08 Å². The molecule has 0 radical (unpaired) electrons. The van der Waals surface area contributed by atoms with Gasteiger partial charge >= 0.3 is 6.09 Å². The summed E-state index contributed by atoms with van der Waals surface area (Å²) in [5.74, 6) is 0.604. The molecule has 1 aliphatic rings. The highest BCUT2D eigenvalue weighted by Gasteiger charge is 2.42. The van der Waals surface area contributed by atoms with Gasteiger partial charge in [-0.3, -0.25) is 9.74 Å². The van der Waals surface area contributed by atoms with Crippen LogP contribution in [-0.4, -0.2) is 48.4 Å². The van der Waals surface area contributed by atoms with Crippen LogP contribution < -0.4 is 5.48 Å². The highest BCUT2D eigenvalue weighted by Crippen LogP contribution is 2.31. The predicted molar refractivity (Wildman–Crippen MR) is 76.1 cm³/mol. The van der Waals surface area contributed by atoms with Gasteiger partial charge in [0, 0.05) is 0 Å². The Bertz CT molecular complexity index is 387. The third-order valence-corrected chi connectivity index (χ3v) is 3.18. The molecule has 0 aromatic carbocycles. The quantitative estimate of drug-likeness (QED) is 0.459. The molecule has 114 valence electrons. The molecule has 1 amide bonds. The lowest BCUT2D eigenvalue weighted by Crippen LogP contribution is -2.60. The molecule has 6 nitrogen and oxygen atoms in total. The minimum absolute atomic E-state index is 0.243. The summed E-state index contributed by atoms with van der Waals surface area (Å²) in [4.78, 5) is 18.2. The Hall–Kier alpha value is -1.53. The molecule has 0 spiro atoms. The Labute approximate surface area is 120 Å². The molecule has 1 aliphatic heterocycles. The normalized spacial score (nSPS) is 23.2. The van der Waals surface area contributed by atoms with Crippen molar-refractivity contribution in [2.24, 2.45) is 5.41 Å². The van der Waals surface area contributed by atoms with E-state index >= 15 is 0 Å². The van der Waals surface area contributed by atoms with Gasteiger partial charge in [-0.1, -0.05) is 26.8 Å². The van der Waals surface area contributed by atoms with Crippen LogP contribution in [0, 0.1) is 5.41 Å². The van der Waals surface area contributed by atoms with Crippen LogP contribution in [0.25, 0.3) is 0 Å². The number of nitrogens with zero attached hydrogens (tertiary/aromatic N) is 1. The van der Waals surface area contributed by atoms with Crippen LogP contribution in [0.1, 0.15) is 20.8 Å². The van der Waals surface area contributed by atoms with E-state index in [2.05, 4.69) is 12.1 Å². The molecular weight excluding hydrogens is 260 g/mol. The first-order valence-corrected chi connectivity index (χ1v) is 6.53. The molecule has 0 saturated carbocycles. The molecule has 1 rings (SSSR count). The summed E-state index contributed by atoms with van der Waals surface area (Å²) in [5, 5.41) is 9.43. The molecule has 0 saturated heterocycles. The Morgan fingerprint density at radius 2 is 2.30 bits per heavy atom. The number of amides is 1. The maximum atomic E-state index is 11.5. The summed E-state index contributed by atoms with van der Waals surface area (Å²) < 4.78 is 5.21. The van der Waals surface area contributed by atoms with Crippen LogP contribution in [0.5, 0.6) is 0 Å². The fourth-order valence-corrected chi connectivity index (χ4v) is 2.43. The van der Waals surface area contributed by atoms with Gasteiger partial charge in [0.15, 0.2) is 0 Å². The number of hydroxylamine groups is 1. The molecule has 20 heavy (non-hydrogen) atoms. The number of hydrogen-bond acceptors (Lipinski definition) is 4. The van der Waals surface area contributed by atoms with Gasteiger partial charge in [-0.25, -0.2) is 4.79 Å². The number of hydrogen-bond donors (Lipinski definition) is 2. The van der Waals surface area contributed by atoms with Crippen molar-refractivity contribution in [3.05, 3.63) is 24.5 Å². The molecular formula is C14H24N2O4. The number of carbonyl (C=O) groups is 1. The lowest BCUT2D eigenvalue weighted by atomic mass is 9.79. The summed E-state index contributed by atoms with van der Waals surface area (Å²) in [7, 11) is 1.53. The zero-order valence-electron chi connectivity index (χ0n) is 12.5. The number of rotatable bonds is 5. The third-order valence-electron chi connectivity index (χ3n) is 3.18. The van der Waals surface area contributed by atoms with E-state index < -0.39 is 6.09 Å². The summed E-state index contributed by atoms with van der Waals surface area (Å²) in [5.41, 5.74) is 2.65. The van der Waals surface area contributed by atoms with Crippen molar-refractivity contribution < 1.29 is 19.5 Å². The van der Waals surface area contributed by atoms with Gasteiger partial charge < -0.3 is 9.84 Å². The largest absolute Gasteiger partial charge is 0.499 e. The Balaban J connectivity index is 3.03. The molecule has 2 N–H and O–H groups in total. The molecule has 6 heteroatoms. The number of nitrogens with one attached hydrogen (secondary N) is 1. The Morgan fingerprint density at radius 3 is 2.75 bits per heavy atom. The molecule has 2 atom stereocenters. The van der Waals surface area contributed by atoms with Gasteiger partial charge in [0.25, 0.3) is 0 Å². The average Bonchev–Trinajstić information content (AvgIpc) is 2.36. The molecule has 0 aromatic rings. The van der Waals surface area contributed by atoms with E-state index in [1.807, 2.05) is 26.8 Å². The van der Waals surface area contributed by atoms with E-state index in [-0.39, 0.29) is 24.0 Å². The minimum atomic E-state index is -0.969. The summed E-state index contributed by atoms with van der Waals surface area (Å²) >= 11 is 0. The van der Waals surface area contributed by atoms with Crippen LogP contribution in [0.15, 0.2) is 24.5 Å². The molecule has 0 fully saturated rings. The fourth-order valence-electron chi connectivity index (χ4n) is 2.43. The average molecular weight is 284 g/mol. The number of ether oxygens (including phenoxy) is 1. The molecule has 0 bridgehead atoms. The van der Waals surface area contributed by atoms with Crippen molar-refractivity contribution in [1.29, 1.82) is 0 Å². The van der Waals surface area contributed by atoms with E-state index in [0.29, 0.717) is 12.4 Å². The first-order valence-electron chi connectivity index (χ1n) is 6.53.